The Morgan fingerprint density at radius 3 is 2.63 bits per heavy atom. The SMILES string of the molecule is COC(=O)C1=C(C)N=C2SC=C(CC(=O)NCCN3CCCC3)N2[C@@H]1c1ccc(OC)cc1OC. The first-order valence-electron chi connectivity index (χ1n) is 11.7. The Kier molecular flexibility index (Phi) is 8.02. The molecule has 0 unspecified atom stereocenters. The van der Waals surface area contributed by atoms with E-state index in [0.717, 1.165) is 30.9 Å². The first-order chi connectivity index (χ1) is 17.0. The number of nitrogens with zero attached hydrogens (tertiary/aromatic N) is 3. The minimum Gasteiger partial charge on any atom is -0.497 e. The number of hydrogen-bond donors (Lipinski definition) is 1. The Balaban J connectivity index is 1.60. The number of esters is 1. The lowest BCUT2D eigenvalue weighted by Crippen LogP contribution is -2.39. The van der Waals surface area contributed by atoms with Crippen LogP contribution in [0.4, 0.5) is 0 Å². The number of fused-ring (bicyclic) bond motifs is 1. The molecule has 3 heterocycles. The van der Waals surface area contributed by atoms with Crippen molar-refractivity contribution in [3.8, 4) is 11.5 Å². The third kappa shape index (κ3) is 5.33. The summed E-state index contributed by atoms with van der Waals surface area (Å²) in [5.41, 5.74) is 2.50. The highest BCUT2D eigenvalue weighted by Crippen LogP contribution is 2.47. The van der Waals surface area contributed by atoms with Gasteiger partial charge in [0.15, 0.2) is 5.17 Å². The molecule has 1 aromatic carbocycles. The molecule has 10 heteroatoms. The van der Waals surface area contributed by atoms with Gasteiger partial charge < -0.3 is 29.3 Å². The third-order valence-electron chi connectivity index (χ3n) is 6.43. The van der Waals surface area contributed by atoms with Crippen LogP contribution in [0.3, 0.4) is 0 Å². The number of carbonyl (C=O) groups is 2. The normalized spacial score (nSPS) is 19.8. The lowest BCUT2D eigenvalue weighted by molar-refractivity contribution is -0.136. The third-order valence-corrected chi connectivity index (χ3v) is 7.32. The van der Waals surface area contributed by atoms with Crippen molar-refractivity contribution in [1.82, 2.24) is 15.1 Å². The Bertz CT molecular complexity index is 1080. The van der Waals surface area contributed by atoms with Gasteiger partial charge in [-0.25, -0.2) is 9.79 Å². The van der Waals surface area contributed by atoms with E-state index in [-0.39, 0.29) is 12.3 Å². The predicted octanol–water partition coefficient (Wildman–Crippen LogP) is 3.05. The van der Waals surface area contributed by atoms with E-state index in [4.69, 9.17) is 14.2 Å². The van der Waals surface area contributed by atoms with Crippen molar-refractivity contribution in [1.29, 1.82) is 0 Å². The number of aliphatic imine (C=N–C) groups is 1. The van der Waals surface area contributed by atoms with Gasteiger partial charge in [-0.15, -0.1) is 0 Å². The summed E-state index contributed by atoms with van der Waals surface area (Å²) in [5, 5.41) is 5.67. The molecule has 3 aliphatic heterocycles. The number of allylic oxidation sites excluding steroid dienone is 1. The molecule has 1 saturated heterocycles. The summed E-state index contributed by atoms with van der Waals surface area (Å²) in [6.45, 7) is 5.46. The molecule has 0 spiro atoms. The average molecular weight is 501 g/mol. The zero-order chi connectivity index (χ0) is 24.9. The van der Waals surface area contributed by atoms with E-state index >= 15 is 0 Å². The van der Waals surface area contributed by atoms with Crippen LogP contribution in [0.25, 0.3) is 0 Å². The van der Waals surface area contributed by atoms with Gasteiger partial charge in [-0.1, -0.05) is 11.8 Å². The lowest BCUT2D eigenvalue weighted by Gasteiger charge is -2.36. The molecule has 1 aromatic rings. The van der Waals surface area contributed by atoms with Gasteiger partial charge in [0, 0.05) is 30.4 Å². The highest BCUT2D eigenvalue weighted by Gasteiger charge is 2.42. The zero-order valence-corrected chi connectivity index (χ0v) is 21.4. The Morgan fingerprint density at radius 1 is 1.17 bits per heavy atom. The molecule has 4 rings (SSSR count). The molecule has 0 saturated carbocycles. The maximum absolute atomic E-state index is 12.9. The van der Waals surface area contributed by atoms with Crippen LogP contribution in [-0.4, -0.2) is 74.4 Å². The highest BCUT2D eigenvalue weighted by molar-refractivity contribution is 8.16. The maximum atomic E-state index is 12.9. The van der Waals surface area contributed by atoms with Crippen molar-refractivity contribution in [3.63, 3.8) is 0 Å². The van der Waals surface area contributed by atoms with E-state index < -0.39 is 12.0 Å². The number of hydrogen-bond acceptors (Lipinski definition) is 9. The lowest BCUT2D eigenvalue weighted by atomic mass is 9.93. The van der Waals surface area contributed by atoms with Crippen molar-refractivity contribution in [3.05, 3.63) is 46.1 Å². The van der Waals surface area contributed by atoms with E-state index in [1.165, 1.54) is 31.7 Å². The summed E-state index contributed by atoms with van der Waals surface area (Å²) in [6.07, 6.45) is 2.62. The standard InChI is InChI=1S/C25H32N4O5S/c1-16-22(24(31)34-4)23(19-8-7-18(32-2)14-20(19)33-3)29-17(15-35-25(29)27-16)13-21(30)26-9-12-28-10-5-6-11-28/h7-8,14-15,23H,5-6,9-13H2,1-4H3,(H,26,30)/t23-/m1/s1. The summed E-state index contributed by atoms with van der Waals surface area (Å²) in [7, 11) is 4.52. The fourth-order valence-corrected chi connectivity index (χ4v) is 5.63. The van der Waals surface area contributed by atoms with Crippen molar-refractivity contribution in [2.24, 2.45) is 4.99 Å². The smallest absolute Gasteiger partial charge is 0.338 e. The first kappa shape index (κ1) is 25.1. The molecule has 9 nitrogen and oxygen atoms in total. The molecule has 0 aliphatic carbocycles. The van der Waals surface area contributed by atoms with Gasteiger partial charge in [0.05, 0.1) is 45.1 Å². The van der Waals surface area contributed by atoms with Crippen LogP contribution >= 0.6 is 11.8 Å². The molecule has 35 heavy (non-hydrogen) atoms. The summed E-state index contributed by atoms with van der Waals surface area (Å²) in [6, 6.07) is 4.92. The molecule has 0 radical (unpaired) electrons. The first-order valence-corrected chi connectivity index (χ1v) is 12.6. The van der Waals surface area contributed by atoms with Crippen molar-refractivity contribution in [2.75, 3.05) is 47.5 Å². The number of nitrogens with one attached hydrogen (secondary N) is 1. The van der Waals surface area contributed by atoms with Crippen LogP contribution in [0, 0.1) is 0 Å². The van der Waals surface area contributed by atoms with E-state index in [1.807, 2.05) is 22.4 Å². The van der Waals surface area contributed by atoms with Crippen molar-refractivity contribution < 1.29 is 23.8 Å². The van der Waals surface area contributed by atoms with Crippen molar-refractivity contribution >= 4 is 28.8 Å². The van der Waals surface area contributed by atoms with Gasteiger partial charge in [0.1, 0.15) is 11.5 Å². The van der Waals surface area contributed by atoms with Gasteiger partial charge in [-0.05, 0) is 50.4 Å². The van der Waals surface area contributed by atoms with E-state index in [2.05, 4.69) is 15.2 Å². The van der Waals surface area contributed by atoms with E-state index in [0.29, 0.717) is 34.5 Å². The molecule has 1 atom stereocenters. The average Bonchev–Trinajstić information content (AvgIpc) is 3.52. The molecule has 0 aromatic heterocycles. The maximum Gasteiger partial charge on any atom is 0.338 e. The number of carbonyl (C=O) groups excluding carboxylic acids is 2. The molecule has 0 bridgehead atoms. The van der Waals surface area contributed by atoms with Gasteiger partial charge in [0.2, 0.25) is 5.91 Å². The number of thioether (sulfide) groups is 1. The van der Waals surface area contributed by atoms with Gasteiger partial charge in [-0.3, -0.25) is 4.79 Å². The molecule has 1 amide bonds. The Hall–Kier alpha value is -2.98. The highest BCUT2D eigenvalue weighted by atomic mass is 32.2. The van der Waals surface area contributed by atoms with Gasteiger partial charge in [-0.2, -0.15) is 0 Å². The van der Waals surface area contributed by atoms with Crippen LogP contribution in [0.5, 0.6) is 11.5 Å². The molecule has 3 aliphatic rings. The monoisotopic (exact) mass is 500 g/mol. The number of methoxy groups -OCH3 is 3. The number of benzene rings is 1. The zero-order valence-electron chi connectivity index (χ0n) is 20.6. The van der Waals surface area contributed by atoms with Gasteiger partial charge in [0.25, 0.3) is 0 Å². The summed E-state index contributed by atoms with van der Waals surface area (Å²) >= 11 is 1.44. The van der Waals surface area contributed by atoms with Crippen LogP contribution in [-0.2, 0) is 14.3 Å². The van der Waals surface area contributed by atoms with Crippen molar-refractivity contribution in [2.45, 2.75) is 32.2 Å². The second-order valence-electron chi connectivity index (χ2n) is 8.57. The second-order valence-corrected chi connectivity index (χ2v) is 9.40. The molecule has 1 fully saturated rings. The Morgan fingerprint density at radius 2 is 1.94 bits per heavy atom. The minimum absolute atomic E-state index is 0.0661. The van der Waals surface area contributed by atoms with Crippen LogP contribution in [0.2, 0.25) is 0 Å². The van der Waals surface area contributed by atoms with E-state index in [1.54, 1.807) is 27.2 Å². The number of rotatable bonds is 9. The number of amidine groups is 1. The second kappa shape index (κ2) is 11.2. The van der Waals surface area contributed by atoms with E-state index in [9.17, 15) is 9.59 Å². The fourth-order valence-electron chi connectivity index (χ4n) is 4.67. The topological polar surface area (TPSA) is 92.7 Å². The summed E-state index contributed by atoms with van der Waals surface area (Å²) in [4.78, 5) is 34.7. The predicted molar refractivity (Wildman–Crippen MR) is 135 cm³/mol. The Labute approximate surface area is 210 Å². The number of likely N-dealkylation sites (tertiary alicyclic amines) is 1. The fraction of sp³-hybridized carbons (Fsp3) is 0.480. The van der Waals surface area contributed by atoms with Crippen LogP contribution in [0.15, 0.2) is 45.6 Å². The minimum atomic E-state index is -0.561. The van der Waals surface area contributed by atoms with Gasteiger partial charge >= 0.3 is 5.97 Å². The quantitative estimate of drug-likeness (QED) is 0.518. The molecule has 1 N–H and O–H groups in total. The van der Waals surface area contributed by atoms with Crippen LogP contribution in [0.1, 0.15) is 37.8 Å². The summed E-state index contributed by atoms with van der Waals surface area (Å²) in [5.74, 6) is 0.666. The number of ether oxygens (including phenoxy) is 3. The van der Waals surface area contributed by atoms with Crippen LogP contribution < -0.4 is 14.8 Å². The molecular weight excluding hydrogens is 468 g/mol. The molecule has 188 valence electrons. The molecular formula is C25H32N4O5S. The summed E-state index contributed by atoms with van der Waals surface area (Å²) < 4.78 is 16.2. The largest absolute Gasteiger partial charge is 0.497 e. The number of amides is 1.